The van der Waals surface area contributed by atoms with E-state index in [2.05, 4.69) is 88.6 Å². The van der Waals surface area contributed by atoms with Crippen LogP contribution >= 0.6 is 0 Å². The summed E-state index contributed by atoms with van der Waals surface area (Å²) in [6.07, 6.45) is 4.69. The third-order valence-electron chi connectivity index (χ3n) is 5.88. The predicted molar refractivity (Wildman–Crippen MR) is 126 cm³/mol. The molecule has 3 aromatic rings. The molecule has 2 N–H and O–H groups in total. The van der Waals surface area contributed by atoms with Gasteiger partial charge in [-0.05, 0) is 42.4 Å². The number of benzene rings is 3. The van der Waals surface area contributed by atoms with Gasteiger partial charge >= 0.3 is 0 Å². The molecule has 1 aliphatic carbocycles. The molecule has 4 rings (SSSR count). The highest BCUT2D eigenvalue weighted by Gasteiger charge is 2.35. The molecule has 4 nitrogen and oxygen atoms in total. The lowest BCUT2D eigenvalue weighted by atomic mass is 9.77. The Morgan fingerprint density at radius 3 is 1.65 bits per heavy atom. The van der Waals surface area contributed by atoms with Crippen LogP contribution in [0.4, 0.5) is 0 Å². The van der Waals surface area contributed by atoms with Crippen LogP contribution in [-0.4, -0.2) is 18.2 Å². The van der Waals surface area contributed by atoms with E-state index < -0.39 is 5.54 Å². The van der Waals surface area contributed by atoms with Crippen molar-refractivity contribution >= 4 is 11.6 Å². The number of carbonyl (C=O) groups excluding carboxylic acids is 1. The second-order valence-electron chi connectivity index (χ2n) is 7.94. The third kappa shape index (κ3) is 4.92. The Kier molecular flexibility index (Phi) is 6.90. The van der Waals surface area contributed by atoms with E-state index in [1.807, 2.05) is 18.2 Å². The Balaban J connectivity index is 1.61. The monoisotopic (exact) mass is 411 g/mol. The molecule has 0 aromatic heterocycles. The molecule has 0 unspecified atom stereocenters. The summed E-state index contributed by atoms with van der Waals surface area (Å²) >= 11 is 0. The van der Waals surface area contributed by atoms with Gasteiger partial charge in [-0.15, -0.1) is 0 Å². The molecular weight excluding hydrogens is 382 g/mol. The first-order chi connectivity index (χ1) is 15.3. The van der Waals surface area contributed by atoms with Crippen LogP contribution in [0.1, 0.15) is 48.8 Å². The molecule has 0 heterocycles. The summed E-state index contributed by atoms with van der Waals surface area (Å²) in [5, 5.41) is 8.03. The van der Waals surface area contributed by atoms with Crippen molar-refractivity contribution in [2.75, 3.05) is 6.54 Å². The molecule has 0 spiro atoms. The fourth-order valence-electron chi connectivity index (χ4n) is 4.33. The van der Waals surface area contributed by atoms with Gasteiger partial charge in [-0.2, -0.15) is 5.10 Å². The van der Waals surface area contributed by atoms with E-state index in [0.29, 0.717) is 13.0 Å². The van der Waals surface area contributed by atoms with E-state index in [1.165, 1.54) is 12.8 Å². The van der Waals surface area contributed by atoms with Gasteiger partial charge < -0.3 is 0 Å². The molecule has 0 bridgehead atoms. The molecule has 31 heavy (non-hydrogen) atoms. The van der Waals surface area contributed by atoms with E-state index >= 15 is 0 Å². The lowest BCUT2D eigenvalue weighted by Crippen LogP contribution is -2.45. The van der Waals surface area contributed by atoms with E-state index in [0.717, 1.165) is 35.2 Å². The van der Waals surface area contributed by atoms with Gasteiger partial charge in [-0.25, -0.2) is 5.43 Å². The Morgan fingerprint density at radius 1 is 0.742 bits per heavy atom. The maximum atomic E-state index is 12.4. The second kappa shape index (κ2) is 10.2. The molecule has 1 amide bonds. The number of hydrazone groups is 1. The number of nitrogens with one attached hydrogen (secondary N) is 2. The fraction of sp³-hybridized carbons (Fsp3) is 0.259. The molecule has 0 atom stereocenters. The zero-order valence-electron chi connectivity index (χ0n) is 17.8. The van der Waals surface area contributed by atoms with Crippen LogP contribution in [-0.2, 0) is 10.3 Å². The Labute approximate surface area is 184 Å². The predicted octanol–water partition coefficient (Wildman–Crippen LogP) is 5.00. The quantitative estimate of drug-likeness (QED) is 0.405. The lowest BCUT2D eigenvalue weighted by molar-refractivity contribution is -0.121. The molecule has 158 valence electrons. The highest BCUT2D eigenvalue weighted by atomic mass is 16.2. The average Bonchev–Trinajstić information content (AvgIpc) is 3.36. The maximum absolute atomic E-state index is 12.4. The first-order valence-electron chi connectivity index (χ1n) is 11.0. The van der Waals surface area contributed by atoms with E-state index in [4.69, 9.17) is 0 Å². The van der Waals surface area contributed by atoms with Gasteiger partial charge in [0.2, 0.25) is 5.91 Å². The van der Waals surface area contributed by atoms with Crippen molar-refractivity contribution in [3.05, 3.63) is 108 Å². The fourth-order valence-corrected chi connectivity index (χ4v) is 4.33. The van der Waals surface area contributed by atoms with Crippen molar-refractivity contribution in [2.45, 2.75) is 37.6 Å². The highest BCUT2D eigenvalue weighted by Crippen LogP contribution is 2.36. The summed E-state index contributed by atoms with van der Waals surface area (Å²) in [6.45, 7) is 0.523. The Morgan fingerprint density at radius 2 is 1.19 bits per heavy atom. The summed E-state index contributed by atoms with van der Waals surface area (Å²) in [7, 11) is 0. The minimum absolute atomic E-state index is 0.0602. The number of rotatable bonds is 8. The number of amides is 1. The number of nitrogens with zero attached hydrogens (tertiary/aromatic N) is 1. The zero-order chi connectivity index (χ0) is 21.4. The number of carbonyl (C=O) groups is 1. The average molecular weight is 412 g/mol. The molecule has 1 saturated carbocycles. The summed E-state index contributed by atoms with van der Waals surface area (Å²) in [6, 6.07) is 31.3. The van der Waals surface area contributed by atoms with Crippen molar-refractivity contribution in [3.63, 3.8) is 0 Å². The van der Waals surface area contributed by atoms with Crippen LogP contribution in [0.2, 0.25) is 0 Å². The first-order valence-corrected chi connectivity index (χ1v) is 11.0. The van der Waals surface area contributed by atoms with Crippen molar-refractivity contribution in [1.29, 1.82) is 0 Å². The standard InChI is InChI=1S/C27H29N3O/c31-26(30-29-25-18-10-11-19-25)20-21-28-27(22-12-4-1-5-13-22,23-14-6-2-7-15-23)24-16-8-3-9-17-24/h1-9,12-17,28H,10-11,18-21H2,(H,30,31). The molecule has 0 radical (unpaired) electrons. The topological polar surface area (TPSA) is 53.5 Å². The molecular formula is C27H29N3O. The van der Waals surface area contributed by atoms with Crippen LogP contribution in [0.15, 0.2) is 96.1 Å². The van der Waals surface area contributed by atoms with Crippen LogP contribution < -0.4 is 10.7 Å². The molecule has 0 aliphatic heterocycles. The summed E-state index contributed by atoms with van der Waals surface area (Å²) in [4.78, 5) is 12.4. The smallest absolute Gasteiger partial charge is 0.241 e. The summed E-state index contributed by atoms with van der Waals surface area (Å²) < 4.78 is 0. The van der Waals surface area contributed by atoms with Crippen molar-refractivity contribution in [3.8, 4) is 0 Å². The highest BCUT2D eigenvalue weighted by molar-refractivity contribution is 5.87. The largest absolute Gasteiger partial charge is 0.299 e. The molecule has 4 heteroatoms. The van der Waals surface area contributed by atoms with Gasteiger partial charge in [0.25, 0.3) is 0 Å². The van der Waals surface area contributed by atoms with Gasteiger partial charge in [0.05, 0.1) is 5.54 Å². The first kappa shape index (κ1) is 21.0. The van der Waals surface area contributed by atoms with Gasteiger partial charge in [-0.3, -0.25) is 10.1 Å². The van der Waals surface area contributed by atoms with Crippen molar-refractivity contribution in [1.82, 2.24) is 10.7 Å². The van der Waals surface area contributed by atoms with Gasteiger partial charge in [-0.1, -0.05) is 91.0 Å². The number of hydrogen-bond acceptors (Lipinski definition) is 3. The lowest BCUT2D eigenvalue weighted by Gasteiger charge is -2.37. The van der Waals surface area contributed by atoms with Gasteiger partial charge in [0.1, 0.15) is 0 Å². The van der Waals surface area contributed by atoms with Crippen LogP contribution in [0.25, 0.3) is 0 Å². The summed E-state index contributed by atoms with van der Waals surface area (Å²) in [5.41, 5.74) is 6.70. The van der Waals surface area contributed by atoms with Crippen molar-refractivity contribution < 1.29 is 4.79 Å². The zero-order valence-corrected chi connectivity index (χ0v) is 17.8. The minimum Gasteiger partial charge on any atom is -0.299 e. The van der Waals surface area contributed by atoms with Crippen LogP contribution in [0, 0.1) is 0 Å². The van der Waals surface area contributed by atoms with Crippen molar-refractivity contribution in [2.24, 2.45) is 5.10 Å². The molecule has 0 saturated heterocycles. The maximum Gasteiger partial charge on any atom is 0.241 e. The Bertz CT molecular complexity index is 896. The normalized spacial score (nSPS) is 13.7. The van der Waals surface area contributed by atoms with Crippen LogP contribution in [0.5, 0.6) is 0 Å². The third-order valence-corrected chi connectivity index (χ3v) is 5.88. The van der Waals surface area contributed by atoms with Gasteiger partial charge in [0.15, 0.2) is 0 Å². The van der Waals surface area contributed by atoms with E-state index in [9.17, 15) is 4.79 Å². The summed E-state index contributed by atoms with van der Waals surface area (Å²) in [5.74, 6) is -0.0602. The van der Waals surface area contributed by atoms with E-state index in [-0.39, 0.29) is 5.91 Å². The van der Waals surface area contributed by atoms with Crippen LogP contribution in [0.3, 0.4) is 0 Å². The SMILES string of the molecule is O=C(CCNC(c1ccccc1)(c1ccccc1)c1ccccc1)NN=C1CCCC1. The molecule has 3 aromatic carbocycles. The minimum atomic E-state index is -0.554. The molecule has 1 aliphatic rings. The molecule has 1 fully saturated rings. The van der Waals surface area contributed by atoms with Gasteiger partial charge in [0, 0.05) is 18.7 Å². The second-order valence-corrected chi connectivity index (χ2v) is 7.94. The Hall–Kier alpha value is -3.24. The van der Waals surface area contributed by atoms with E-state index in [1.54, 1.807) is 0 Å². The number of hydrogen-bond donors (Lipinski definition) is 2.